The summed E-state index contributed by atoms with van der Waals surface area (Å²) >= 11 is 0. The van der Waals surface area contributed by atoms with Crippen LogP contribution in [0.4, 0.5) is 13.2 Å². The van der Waals surface area contributed by atoms with Gasteiger partial charge in [-0.25, -0.2) is 0 Å². The van der Waals surface area contributed by atoms with Gasteiger partial charge in [-0.3, -0.25) is 4.79 Å². The van der Waals surface area contributed by atoms with Crippen molar-refractivity contribution in [2.75, 3.05) is 27.2 Å². The summed E-state index contributed by atoms with van der Waals surface area (Å²) in [5.41, 5.74) is -0.351. The normalized spacial score (nSPS) is 25.3. The van der Waals surface area contributed by atoms with Crippen molar-refractivity contribution in [3.05, 3.63) is 41.3 Å². The van der Waals surface area contributed by atoms with Gasteiger partial charge in [0.05, 0.1) is 11.1 Å². The summed E-state index contributed by atoms with van der Waals surface area (Å²) in [5, 5.41) is 2.81. The van der Waals surface area contributed by atoms with Crippen LogP contribution in [-0.2, 0) is 15.7 Å². The van der Waals surface area contributed by atoms with Gasteiger partial charge in [0, 0.05) is 19.5 Å². The van der Waals surface area contributed by atoms with Crippen LogP contribution in [0.25, 0.3) is 5.57 Å². The Hall–Kier alpha value is -2.02. The van der Waals surface area contributed by atoms with Crippen molar-refractivity contribution in [3.63, 3.8) is 0 Å². The van der Waals surface area contributed by atoms with Gasteiger partial charge in [0.25, 0.3) is 0 Å². The number of halogens is 3. The van der Waals surface area contributed by atoms with Gasteiger partial charge in [-0.15, -0.1) is 0 Å². The molecule has 24 heavy (non-hydrogen) atoms. The van der Waals surface area contributed by atoms with E-state index in [1.165, 1.54) is 12.1 Å². The first kappa shape index (κ1) is 16.8. The van der Waals surface area contributed by atoms with Crippen molar-refractivity contribution >= 4 is 11.4 Å². The minimum Gasteiger partial charge on any atom is -0.467 e. The van der Waals surface area contributed by atoms with Gasteiger partial charge in [0.1, 0.15) is 0 Å². The average molecular weight is 340 g/mol. The van der Waals surface area contributed by atoms with Gasteiger partial charge in [-0.1, -0.05) is 12.1 Å². The number of likely N-dealkylation sites (tertiary alicyclic amines) is 1. The monoisotopic (exact) mass is 340 g/mol. The lowest BCUT2D eigenvalue weighted by molar-refractivity contribution is -0.137. The number of rotatable bonds is 3. The van der Waals surface area contributed by atoms with Crippen molar-refractivity contribution in [2.45, 2.75) is 18.7 Å². The van der Waals surface area contributed by atoms with Crippen LogP contribution in [0.5, 0.6) is 0 Å². The standard InChI is InChI=1S/C17H19F3N2O2/c1-21-16-13(10-4-3-5-12(8-10)17(18,19)20)14(23)15(24-16)11-6-7-22(2)9-11/h3-5,8,11,15,21H,6-7,9H2,1-2H3. The first-order chi connectivity index (χ1) is 11.3. The van der Waals surface area contributed by atoms with E-state index >= 15 is 0 Å². The molecular formula is C17H19F3N2O2. The van der Waals surface area contributed by atoms with Crippen molar-refractivity contribution in [3.8, 4) is 0 Å². The quantitative estimate of drug-likeness (QED) is 0.918. The van der Waals surface area contributed by atoms with Gasteiger partial charge >= 0.3 is 6.18 Å². The summed E-state index contributed by atoms with van der Waals surface area (Å²) in [4.78, 5) is 14.9. The van der Waals surface area contributed by atoms with E-state index in [-0.39, 0.29) is 28.7 Å². The topological polar surface area (TPSA) is 41.6 Å². The Labute approximate surface area is 138 Å². The number of benzene rings is 1. The molecule has 7 heteroatoms. The molecule has 1 aromatic rings. The second kappa shape index (κ2) is 6.12. The molecule has 2 atom stereocenters. The van der Waals surface area contributed by atoms with Crippen LogP contribution in [0.2, 0.25) is 0 Å². The second-order valence-electron chi connectivity index (χ2n) is 6.25. The molecule has 3 rings (SSSR count). The number of ether oxygens (including phenoxy) is 1. The summed E-state index contributed by atoms with van der Waals surface area (Å²) in [7, 11) is 3.57. The molecule has 0 bridgehead atoms. The molecule has 0 saturated carbocycles. The number of Topliss-reactive ketones (excluding diaryl/α,β-unsaturated/α-hetero) is 1. The van der Waals surface area contributed by atoms with Gasteiger partial charge in [-0.2, -0.15) is 13.2 Å². The Morgan fingerprint density at radius 3 is 2.67 bits per heavy atom. The van der Waals surface area contributed by atoms with Crippen molar-refractivity contribution in [1.29, 1.82) is 0 Å². The van der Waals surface area contributed by atoms with E-state index in [1.54, 1.807) is 7.05 Å². The highest BCUT2D eigenvalue weighted by Gasteiger charge is 2.43. The van der Waals surface area contributed by atoms with Gasteiger partial charge in [0.15, 0.2) is 12.0 Å². The maximum Gasteiger partial charge on any atom is 0.416 e. The number of ketones is 1. The van der Waals surface area contributed by atoms with Crippen LogP contribution in [-0.4, -0.2) is 44.0 Å². The van der Waals surface area contributed by atoms with E-state index < -0.39 is 17.8 Å². The summed E-state index contributed by atoms with van der Waals surface area (Å²) in [6.45, 7) is 1.62. The predicted octanol–water partition coefficient (Wildman–Crippen LogP) is 2.51. The van der Waals surface area contributed by atoms with E-state index in [2.05, 4.69) is 10.2 Å². The number of nitrogens with zero attached hydrogens (tertiary/aromatic N) is 1. The second-order valence-corrected chi connectivity index (χ2v) is 6.25. The fraction of sp³-hybridized carbons (Fsp3) is 0.471. The molecule has 2 heterocycles. The third-order valence-electron chi connectivity index (χ3n) is 4.54. The van der Waals surface area contributed by atoms with E-state index in [9.17, 15) is 18.0 Å². The highest BCUT2D eigenvalue weighted by atomic mass is 19.4. The maximum atomic E-state index is 12.9. The molecule has 0 spiro atoms. The molecule has 0 amide bonds. The first-order valence-electron chi connectivity index (χ1n) is 7.80. The zero-order chi connectivity index (χ0) is 17.5. The molecule has 1 fully saturated rings. The Bertz CT molecular complexity index is 685. The molecule has 2 unspecified atom stereocenters. The van der Waals surface area contributed by atoms with Crippen LogP contribution in [0.15, 0.2) is 30.1 Å². The molecule has 0 radical (unpaired) electrons. The zero-order valence-corrected chi connectivity index (χ0v) is 13.5. The Morgan fingerprint density at radius 1 is 1.33 bits per heavy atom. The predicted molar refractivity (Wildman–Crippen MR) is 82.9 cm³/mol. The largest absolute Gasteiger partial charge is 0.467 e. The van der Waals surface area contributed by atoms with Crippen molar-refractivity contribution in [2.24, 2.45) is 5.92 Å². The molecule has 0 aliphatic carbocycles. The van der Waals surface area contributed by atoms with Crippen molar-refractivity contribution < 1.29 is 22.7 Å². The number of nitrogens with one attached hydrogen (secondary N) is 1. The van der Waals surface area contributed by atoms with Crippen LogP contribution in [0, 0.1) is 5.92 Å². The first-order valence-corrected chi connectivity index (χ1v) is 7.80. The van der Waals surface area contributed by atoms with Gasteiger partial charge < -0.3 is 15.0 Å². The molecule has 1 aromatic carbocycles. The molecule has 0 aromatic heterocycles. The maximum absolute atomic E-state index is 12.9. The molecule has 1 saturated heterocycles. The number of hydrogen-bond acceptors (Lipinski definition) is 4. The summed E-state index contributed by atoms with van der Waals surface area (Å²) < 4.78 is 44.6. The minimum atomic E-state index is -4.45. The van der Waals surface area contributed by atoms with Crippen LogP contribution < -0.4 is 5.32 Å². The summed E-state index contributed by atoms with van der Waals surface area (Å²) in [6.07, 6.45) is -4.26. The van der Waals surface area contributed by atoms with Crippen LogP contribution >= 0.6 is 0 Å². The van der Waals surface area contributed by atoms with Crippen LogP contribution in [0.3, 0.4) is 0 Å². The van der Waals surface area contributed by atoms with Crippen LogP contribution in [0.1, 0.15) is 17.5 Å². The number of alkyl halides is 3. The lowest BCUT2D eigenvalue weighted by Crippen LogP contribution is -2.30. The SMILES string of the molecule is CNC1=C(c2cccc(C(F)(F)F)c2)C(=O)C(C2CCN(C)C2)O1. The third kappa shape index (κ3) is 3.00. The summed E-state index contributed by atoms with van der Waals surface area (Å²) in [6, 6.07) is 4.80. The Balaban J connectivity index is 1.93. The number of carbonyl (C=O) groups excluding carboxylic acids is 1. The smallest absolute Gasteiger partial charge is 0.416 e. The molecule has 4 nitrogen and oxygen atoms in total. The van der Waals surface area contributed by atoms with E-state index in [0.717, 1.165) is 31.6 Å². The number of hydrogen-bond donors (Lipinski definition) is 1. The van der Waals surface area contributed by atoms with E-state index in [4.69, 9.17) is 4.74 Å². The van der Waals surface area contributed by atoms with E-state index in [1.807, 2.05) is 7.05 Å². The fourth-order valence-electron chi connectivity index (χ4n) is 3.33. The molecule has 1 N–H and O–H groups in total. The van der Waals surface area contributed by atoms with E-state index in [0.29, 0.717) is 0 Å². The molecular weight excluding hydrogens is 321 g/mol. The molecule has 130 valence electrons. The highest BCUT2D eigenvalue weighted by molar-refractivity contribution is 6.25. The Morgan fingerprint density at radius 2 is 2.08 bits per heavy atom. The average Bonchev–Trinajstić information content (AvgIpc) is 3.09. The third-order valence-corrected chi connectivity index (χ3v) is 4.54. The summed E-state index contributed by atoms with van der Waals surface area (Å²) in [5.74, 6) is 0.0481. The minimum absolute atomic E-state index is 0.0501. The molecule has 2 aliphatic rings. The lowest BCUT2D eigenvalue weighted by atomic mass is 9.92. The fourth-order valence-corrected chi connectivity index (χ4v) is 3.33. The van der Waals surface area contributed by atoms with Gasteiger partial charge in [-0.05, 0) is 37.7 Å². The van der Waals surface area contributed by atoms with Gasteiger partial charge in [0.2, 0.25) is 5.78 Å². The molecule has 2 aliphatic heterocycles. The number of carbonyl (C=O) groups is 1. The highest BCUT2D eigenvalue weighted by Crippen LogP contribution is 2.37. The Kier molecular flexibility index (Phi) is 4.29. The van der Waals surface area contributed by atoms with Crippen molar-refractivity contribution in [1.82, 2.24) is 10.2 Å². The lowest BCUT2D eigenvalue weighted by Gasteiger charge is -2.18. The zero-order valence-electron chi connectivity index (χ0n) is 13.5.